The molecule has 0 fully saturated rings. The fourth-order valence-electron chi connectivity index (χ4n) is 0.190. The lowest BCUT2D eigenvalue weighted by atomic mass is 11.2. The summed E-state index contributed by atoms with van der Waals surface area (Å²) in [5.74, 6) is 0. The van der Waals surface area contributed by atoms with Crippen molar-refractivity contribution in [1.29, 1.82) is 0 Å². The van der Waals surface area contributed by atoms with E-state index >= 15 is 0 Å². The Morgan fingerprint density at radius 2 is 1.88 bits per heavy atom. The van der Waals surface area contributed by atoms with Crippen LogP contribution >= 0.6 is 27.5 Å². The van der Waals surface area contributed by atoms with Crippen LogP contribution in [0.15, 0.2) is 0 Å². The number of hydrogen-bond donors (Lipinski definition) is 0. The van der Waals surface area contributed by atoms with Crippen molar-refractivity contribution in [3.8, 4) is 0 Å². The van der Waals surface area contributed by atoms with Crippen molar-refractivity contribution < 1.29 is 4.62 Å². The average Bonchev–Trinajstić information content (AvgIpc) is 1.21. The molecule has 0 aromatic heterocycles. The molecule has 0 spiro atoms. The van der Waals surface area contributed by atoms with E-state index in [-0.39, 0.29) is 0 Å². The first kappa shape index (κ1) is 9.15. The highest BCUT2D eigenvalue weighted by Gasteiger charge is 2.09. The normalized spacial score (nSPS) is 12.6. The van der Waals surface area contributed by atoms with E-state index in [1.54, 1.807) is 14.1 Å². The molecule has 0 aromatic carbocycles. The zero-order valence-corrected chi connectivity index (χ0v) is 7.69. The van der Waals surface area contributed by atoms with Crippen molar-refractivity contribution in [1.82, 2.24) is 5.06 Å². The Bertz CT molecular complexity index is 113. The summed E-state index contributed by atoms with van der Waals surface area (Å²) in [6.07, 6.45) is 0. The Labute approximate surface area is 63.3 Å². The van der Waals surface area contributed by atoms with E-state index in [1.165, 1.54) is 5.06 Å². The van der Waals surface area contributed by atoms with Gasteiger partial charge in [0, 0.05) is 14.1 Å². The molecule has 2 nitrogen and oxygen atoms in total. The highest BCUT2D eigenvalue weighted by atomic mass is 35.9. The van der Waals surface area contributed by atoms with Gasteiger partial charge in [-0.1, -0.05) is 0 Å². The van der Waals surface area contributed by atoms with Crippen molar-refractivity contribution >= 4 is 39.3 Å². The lowest BCUT2D eigenvalue weighted by Crippen LogP contribution is -2.06. The van der Waals surface area contributed by atoms with Gasteiger partial charge in [-0.05, 0) is 34.3 Å². The van der Waals surface area contributed by atoms with Gasteiger partial charge in [-0.3, -0.25) is 0 Å². The molecule has 6 heteroatoms. The Morgan fingerprint density at radius 1 is 1.50 bits per heavy atom. The minimum Gasteiger partial charge on any atom is -0.237 e. The van der Waals surface area contributed by atoms with Crippen molar-refractivity contribution in [2.75, 3.05) is 14.1 Å². The summed E-state index contributed by atoms with van der Waals surface area (Å²) in [7, 11) is 3.34. The van der Waals surface area contributed by atoms with Crippen LogP contribution in [0, 0.1) is 0 Å². The van der Waals surface area contributed by atoms with Crippen molar-refractivity contribution in [2.45, 2.75) is 0 Å². The number of rotatable bonds is 2. The molecule has 0 heterocycles. The molecule has 0 saturated carbocycles. The van der Waals surface area contributed by atoms with Gasteiger partial charge >= 0.3 is 0 Å². The molecule has 0 aromatic rings. The van der Waals surface area contributed by atoms with Crippen LogP contribution in [0.4, 0.5) is 0 Å². The third-order valence-corrected chi connectivity index (χ3v) is 1.35. The summed E-state index contributed by atoms with van der Waals surface area (Å²) in [5.41, 5.74) is 0. The van der Waals surface area contributed by atoms with E-state index in [4.69, 9.17) is 27.1 Å². The van der Waals surface area contributed by atoms with Gasteiger partial charge in [-0.25, -0.2) is 4.62 Å². The van der Waals surface area contributed by atoms with Gasteiger partial charge in [0.1, 0.15) is 0 Å². The van der Waals surface area contributed by atoms with Crippen molar-refractivity contribution in [2.24, 2.45) is 0 Å². The van der Waals surface area contributed by atoms with Crippen LogP contribution < -0.4 is 0 Å². The molecule has 0 aliphatic carbocycles. The molecule has 0 radical (unpaired) electrons. The van der Waals surface area contributed by atoms with Gasteiger partial charge in [0.2, 0.25) is 0 Å². The van der Waals surface area contributed by atoms with Gasteiger partial charge in [0.25, 0.3) is 4.97 Å². The molecule has 0 N–H and O–H groups in total. The predicted octanol–water partition coefficient (Wildman–Crippen LogP) is 2.18. The zero-order chi connectivity index (χ0) is 6.78. The van der Waals surface area contributed by atoms with Crippen molar-refractivity contribution in [3.05, 3.63) is 0 Å². The monoisotopic (exact) mass is 193 g/mol. The number of nitrogens with zero attached hydrogens (tertiary/aromatic N) is 1. The minimum absolute atomic E-state index is 1.39. The van der Waals surface area contributed by atoms with Gasteiger partial charge in [0.15, 0.2) is 0 Å². The summed E-state index contributed by atoms with van der Waals surface area (Å²) in [6, 6.07) is 0. The zero-order valence-electron chi connectivity index (χ0n) is 4.47. The first-order chi connectivity index (χ1) is 3.42. The van der Waals surface area contributed by atoms with E-state index in [9.17, 15) is 0 Å². The van der Waals surface area contributed by atoms with Crippen LogP contribution in [0.1, 0.15) is 0 Å². The molecular weight excluding hydrogens is 188 g/mol. The maximum atomic E-state index is 5.36. The van der Waals surface area contributed by atoms with E-state index in [2.05, 4.69) is 11.8 Å². The molecule has 0 amide bonds. The topological polar surface area (TPSA) is 12.5 Å². The van der Waals surface area contributed by atoms with E-state index in [1.807, 2.05) is 0 Å². The summed E-state index contributed by atoms with van der Waals surface area (Å²) < 4.78 is 4.73. The summed E-state index contributed by atoms with van der Waals surface area (Å²) >= 11 is 15.3. The number of halogens is 2. The predicted molar refractivity (Wildman–Crippen MR) is 40.8 cm³/mol. The van der Waals surface area contributed by atoms with E-state index in [0.717, 1.165) is 0 Å². The van der Waals surface area contributed by atoms with Crippen LogP contribution in [0.2, 0.25) is 0 Å². The van der Waals surface area contributed by atoms with Gasteiger partial charge in [0.05, 0.1) is 0 Å². The number of hydroxylamine groups is 2. The molecule has 0 aliphatic rings. The average molecular weight is 194 g/mol. The van der Waals surface area contributed by atoms with E-state index < -0.39 is 4.97 Å². The molecule has 0 unspecified atom stereocenters. The second kappa shape index (κ2) is 3.35. The maximum Gasteiger partial charge on any atom is 0.257 e. The SMILES string of the molecule is CN(C)OP(=S)(Cl)Cl. The fraction of sp³-hybridized carbons (Fsp3) is 1.00. The standard InChI is InChI=1S/C2H6Cl2NOPS/c1-5(2)6-7(3,4)8/h1-2H3. The maximum absolute atomic E-state index is 5.36. The lowest BCUT2D eigenvalue weighted by molar-refractivity contribution is 0.0166. The molecule has 0 saturated heterocycles. The third-order valence-electron chi connectivity index (χ3n) is 0.258. The van der Waals surface area contributed by atoms with Gasteiger partial charge in [-0.2, -0.15) is 5.06 Å². The number of hydrogen-bond acceptors (Lipinski definition) is 3. The third kappa shape index (κ3) is 7.15. The highest BCUT2D eigenvalue weighted by molar-refractivity contribution is 8.36. The smallest absolute Gasteiger partial charge is 0.237 e. The Morgan fingerprint density at radius 3 is 1.88 bits per heavy atom. The lowest BCUT2D eigenvalue weighted by Gasteiger charge is -2.11. The van der Waals surface area contributed by atoms with Gasteiger partial charge < -0.3 is 0 Å². The Hall–Kier alpha value is 1.15. The van der Waals surface area contributed by atoms with Crippen LogP contribution in [0.25, 0.3) is 0 Å². The second-order valence-corrected chi connectivity index (χ2v) is 8.42. The van der Waals surface area contributed by atoms with Crippen LogP contribution in [0.3, 0.4) is 0 Å². The largest absolute Gasteiger partial charge is 0.257 e. The van der Waals surface area contributed by atoms with Crippen LogP contribution in [-0.2, 0) is 16.4 Å². The molecule has 50 valence electrons. The van der Waals surface area contributed by atoms with Gasteiger partial charge in [-0.15, -0.1) is 0 Å². The molecule has 0 rings (SSSR count). The first-order valence-electron chi connectivity index (χ1n) is 1.78. The molecule has 0 atom stereocenters. The second-order valence-electron chi connectivity index (χ2n) is 1.31. The summed E-state index contributed by atoms with van der Waals surface area (Å²) in [6.45, 7) is 0. The first-order valence-corrected chi connectivity index (χ1v) is 6.31. The summed E-state index contributed by atoms with van der Waals surface area (Å²) in [5, 5.41) is 1.39. The summed E-state index contributed by atoms with van der Waals surface area (Å²) in [4.78, 5) is -2.52. The van der Waals surface area contributed by atoms with E-state index in [0.29, 0.717) is 0 Å². The Kier molecular flexibility index (Phi) is 3.83. The van der Waals surface area contributed by atoms with Crippen molar-refractivity contribution in [3.63, 3.8) is 0 Å². The molecule has 0 bridgehead atoms. The highest BCUT2D eigenvalue weighted by Crippen LogP contribution is 2.58. The molecule has 8 heavy (non-hydrogen) atoms. The van der Waals surface area contributed by atoms with Crippen LogP contribution in [-0.4, -0.2) is 19.2 Å². The molecule has 0 aliphatic heterocycles. The quantitative estimate of drug-likeness (QED) is 0.493. The van der Waals surface area contributed by atoms with Crippen LogP contribution in [0.5, 0.6) is 0 Å². The minimum atomic E-state index is -2.52. The molecular formula is C2H6Cl2NOPS. The Balaban J connectivity index is 3.56. The fourth-order valence-corrected chi connectivity index (χ4v) is 1.71.